The molecule has 7 heteroatoms. The van der Waals surface area contributed by atoms with Crippen LogP contribution in [0.1, 0.15) is 16.7 Å². The topological polar surface area (TPSA) is 54.3 Å². The predicted molar refractivity (Wildman–Crippen MR) is 96.7 cm³/mol. The summed E-state index contributed by atoms with van der Waals surface area (Å²) in [6, 6.07) is 12.0. The zero-order chi connectivity index (χ0) is 19.6. The van der Waals surface area contributed by atoms with Crippen LogP contribution in [0.3, 0.4) is 0 Å². The molecule has 0 unspecified atom stereocenters. The van der Waals surface area contributed by atoms with Crippen molar-refractivity contribution in [3.8, 4) is 0 Å². The summed E-state index contributed by atoms with van der Waals surface area (Å²) in [6.45, 7) is 0.0491. The van der Waals surface area contributed by atoms with E-state index in [9.17, 15) is 23.1 Å². The van der Waals surface area contributed by atoms with Crippen LogP contribution < -0.4 is 5.32 Å². The van der Waals surface area contributed by atoms with Crippen molar-refractivity contribution in [3.05, 3.63) is 71.4 Å². The molecule has 142 valence electrons. The number of carboxylic acids is 1. The molecule has 0 radical (unpaired) electrons. The number of nitrogens with one attached hydrogen (secondary N) is 1. The van der Waals surface area contributed by atoms with E-state index in [-0.39, 0.29) is 18.5 Å². The number of aromatic nitrogens is 1. The molecule has 0 saturated heterocycles. The first-order valence-electron chi connectivity index (χ1n) is 8.43. The number of para-hydroxylation sites is 1. The van der Waals surface area contributed by atoms with E-state index in [1.807, 2.05) is 24.3 Å². The Hall–Kier alpha value is -2.80. The zero-order valence-electron chi connectivity index (χ0n) is 14.6. The van der Waals surface area contributed by atoms with Crippen LogP contribution in [0, 0.1) is 0 Å². The fourth-order valence-electron chi connectivity index (χ4n) is 3.27. The maximum Gasteiger partial charge on any atom is 0.416 e. The normalized spacial score (nSPS) is 13.0. The summed E-state index contributed by atoms with van der Waals surface area (Å²) in [6.07, 6.45) is -2.45. The highest BCUT2D eigenvalue weighted by Crippen LogP contribution is 2.33. The van der Waals surface area contributed by atoms with Gasteiger partial charge in [0.25, 0.3) is 0 Å². The largest absolute Gasteiger partial charge is 0.480 e. The number of alkyl halides is 3. The molecule has 2 N–H and O–H groups in total. The fraction of sp³-hybridized carbons (Fsp3) is 0.250. The van der Waals surface area contributed by atoms with E-state index in [1.165, 1.54) is 12.1 Å². The van der Waals surface area contributed by atoms with Crippen LogP contribution in [0.25, 0.3) is 10.9 Å². The van der Waals surface area contributed by atoms with Crippen LogP contribution in [0.15, 0.2) is 54.7 Å². The van der Waals surface area contributed by atoms with Gasteiger partial charge >= 0.3 is 12.1 Å². The van der Waals surface area contributed by atoms with Crippen molar-refractivity contribution < 1.29 is 23.1 Å². The first-order chi connectivity index (χ1) is 12.8. The van der Waals surface area contributed by atoms with Gasteiger partial charge in [-0.2, -0.15) is 13.2 Å². The summed E-state index contributed by atoms with van der Waals surface area (Å²) in [7, 11) is 1.57. The van der Waals surface area contributed by atoms with E-state index in [0.29, 0.717) is 0 Å². The number of benzene rings is 2. The van der Waals surface area contributed by atoms with Crippen molar-refractivity contribution in [2.45, 2.75) is 25.2 Å². The first-order valence-corrected chi connectivity index (χ1v) is 8.43. The summed E-state index contributed by atoms with van der Waals surface area (Å²) in [5, 5.41) is 12.9. The molecule has 0 aliphatic rings. The Morgan fingerprint density at radius 2 is 1.78 bits per heavy atom. The minimum absolute atomic E-state index is 0.0491. The number of carboxylic acid groups (broad SMARTS) is 1. The maximum atomic E-state index is 13.3. The lowest BCUT2D eigenvalue weighted by Crippen LogP contribution is -2.35. The van der Waals surface area contributed by atoms with Crippen molar-refractivity contribution in [1.82, 2.24) is 9.88 Å². The number of hydrogen-bond acceptors (Lipinski definition) is 2. The maximum absolute atomic E-state index is 13.3. The summed E-state index contributed by atoms with van der Waals surface area (Å²) in [5.41, 5.74) is 1.05. The van der Waals surface area contributed by atoms with Gasteiger partial charge in [-0.1, -0.05) is 36.4 Å². The molecule has 2 aromatic carbocycles. The van der Waals surface area contributed by atoms with E-state index in [0.717, 1.165) is 22.5 Å². The minimum atomic E-state index is -4.43. The molecule has 0 saturated carbocycles. The predicted octanol–water partition coefficient (Wildman–Crippen LogP) is 3.92. The molecule has 3 aromatic rings. The SMILES string of the molecule is CN[C@@H](Cc1cn(Cc2ccccc2C(F)(F)F)c2ccccc12)C(=O)O. The molecule has 27 heavy (non-hydrogen) atoms. The molecular formula is C20H19F3N2O2. The quantitative estimate of drug-likeness (QED) is 0.686. The third-order valence-electron chi connectivity index (χ3n) is 4.61. The Morgan fingerprint density at radius 3 is 2.44 bits per heavy atom. The Bertz CT molecular complexity index is 963. The van der Waals surface area contributed by atoms with Gasteiger partial charge in [0.15, 0.2) is 0 Å². The zero-order valence-corrected chi connectivity index (χ0v) is 14.6. The molecule has 1 atom stereocenters. The van der Waals surface area contributed by atoms with Crippen molar-refractivity contribution >= 4 is 16.9 Å². The van der Waals surface area contributed by atoms with Gasteiger partial charge in [-0.3, -0.25) is 4.79 Å². The van der Waals surface area contributed by atoms with Gasteiger partial charge < -0.3 is 15.0 Å². The Kier molecular flexibility index (Phi) is 5.23. The Balaban J connectivity index is 2.03. The lowest BCUT2D eigenvalue weighted by molar-refractivity contribution is -0.139. The van der Waals surface area contributed by atoms with E-state index in [1.54, 1.807) is 23.9 Å². The van der Waals surface area contributed by atoms with Crippen LogP contribution in [0.2, 0.25) is 0 Å². The second-order valence-electron chi connectivity index (χ2n) is 6.34. The van der Waals surface area contributed by atoms with E-state index < -0.39 is 23.8 Å². The van der Waals surface area contributed by atoms with Gasteiger partial charge in [0, 0.05) is 30.1 Å². The molecule has 3 rings (SSSR count). The highest BCUT2D eigenvalue weighted by Gasteiger charge is 2.33. The second kappa shape index (κ2) is 7.44. The Morgan fingerprint density at radius 1 is 1.11 bits per heavy atom. The number of carbonyl (C=O) groups is 1. The third-order valence-corrected chi connectivity index (χ3v) is 4.61. The number of halogens is 3. The number of aliphatic carboxylic acids is 1. The van der Waals surface area contributed by atoms with E-state index in [4.69, 9.17) is 0 Å². The monoisotopic (exact) mass is 376 g/mol. The molecule has 1 aromatic heterocycles. The number of rotatable bonds is 6. The van der Waals surface area contributed by atoms with Crippen LogP contribution >= 0.6 is 0 Å². The average Bonchev–Trinajstić information content (AvgIpc) is 2.96. The molecule has 1 heterocycles. The van der Waals surface area contributed by atoms with Gasteiger partial charge in [-0.25, -0.2) is 0 Å². The lowest BCUT2D eigenvalue weighted by Gasteiger charge is -2.14. The van der Waals surface area contributed by atoms with Gasteiger partial charge in [0.05, 0.1) is 5.56 Å². The smallest absolute Gasteiger partial charge is 0.416 e. The minimum Gasteiger partial charge on any atom is -0.480 e. The molecule has 0 bridgehead atoms. The number of likely N-dealkylation sites (N-methyl/N-ethyl adjacent to an activating group) is 1. The second-order valence-corrected chi connectivity index (χ2v) is 6.34. The lowest BCUT2D eigenvalue weighted by atomic mass is 10.1. The van der Waals surface area contributed by atoms with Crippen LogP contribution in [0.4, 0.5) is 13.2 Å². The molecule has 0 aliphatic carbocycles. The van der Waals surface area contributed by atoms with Crippen molar-refractivity contribution in [2.24, 2.45) is 0 Å². The standard InChI is InChI=1S/C20H19F3N2O2/c1-24-17(19(26)27)10-14-12-25(18-9-5-3-7-15(14)18)11-13-6-2-4-8-16(13)20(21,22)23/h2-9,12,17,24H,10-11H2,1H3,(H,26,27)/t17-/m0/s1. The van der Waals surface area contributed by atoms with Gasteiger partial charge in [0.1, 0.15) is 6.04 Å². The molecule has 0 spiro atoms. The summed E-state index contributed by atoms with van der Waals surface area (Å²) >= 11 is 0. The highest BCUT2D eigenvalue weighted by molar-refractivity contribution is 5.85. The number of nitrogens with zero attached hydrogens (tertiary/aromatic N) is 1. The van der Waals surface area contributed by atoms with Crippen LogP contribution in [-0.4, -0.2) is 28.7 Å². The molecule has 0 fully saturated rings. The summed E-state index contributed by atoms with van der Waals surface area (Å²) in [5.74, 6) is -0.975. The van der Waals surface area contributed by atoms with Crippen molar-refractivity contribution in [3.63, 3.8) is 0 Å². The van der Waals surface area contributed by atoms with Gasteiger partial charge in [-0.05, 0) is 30.3 Å². The van der Waals surface area contributed by atoms with Crippen molar-refractivity contribution in [1.29, 1.82) is 0 Å². The molecule has 0 aliphatic heterocycles. The van der Waals surface area contributed by atoms with Crippen molar-refractivity contribution in [2.75, 3.05) is 7.05 Å². The highest BCUT2D eigenvalue weighted by atomic mass is 19.4. The molecule has 4 nitrogen and oxygen atoms in total. The molecule has 0 amide bonds. The summed E-state index contributed by atoms with van der Waals surface area (Å²) < 4.78 is 41.6. The Labute approximate surface area is 154 Å². The van der Waals surface area contributed by atoms with Crippen LogP contribution in [0.5, 0.6) is 0 Å². The fourth-order valence-corrected chi connectivity index (χ4v) is 3.27. The van der Waals surface area contributed by atoms with Gasteiger partial charge in [-0.15, -0.1) is 0 Å². The first kappa shape index (κ1) is 19.0. The molecular weight excluding hydrogens is 357 g/mol. The van der Waals surface area contributed by atoms with Crippen LogP contribution in [-0.2, 0) is 23.9 Å². The number of hydrogen-bond donors (Lipinski definition) is 2. The van der Waals surface area contributed by atoms with E-state index >= 15 is 0 Å². The summed E-state index contributed by atoms with van der Waals surface area (Å²) in [4.78, 5) is 11.3. The number of fused-ring (bicyclic) bond motifs is 1. The average molecular weight is 376 g/mol. The van der Waals surface area contributed by atoms with Gasteiger partial charge in [0.2, 0.25) is 0 Å². The van der Waals surface area contributed by atoms with E-state index in [2.05, 4.69) is 5.32 Å². The third kappa shape index (κ3) is 3.98.